The molecule has 0 atom stereocenters. The Morgan fingerprint density at radius 2 is 1.44 bits per heavy atom. The van der Waals surface area contributed by atoms with Gasteiger partial charge in [-0.15, -0.1) is 53.6 Å². The maximum atomic E-state index is 8.33. The van der Waals surface area contributed by atoms with Crippen LogP contribution in [0.15, 0.2) is 126 Å². The van der Waals surface area contributed by atoms with E-state index in [1.807, 2.05) is 60.7 Å². The maximum Gasteiger partial charge on any atom is 0.216 e. The summed E-state index contributed by atoms with van der Waals surface area (Å²) >= 11 is 0. The molecule has 0 N–H and O–H groups in total. The fourth-order valence-electron chi connectivity index (χ4n) is 7.47. The number of rotatable bonds is 7. The van der Waals surface area contributed by atoms with Gasteiger partial charge in [-0.3, -0.25) is 4.98 Å². The van der Waals surface area contributed by atoms with Gasteiger partial charge in [-0.1, -0.05) is 108 Å². The van der Waals surface area contributed by atoms with Crippen LogP contribution in [0, 0.1) is 32.7 Å². The van der Waals surface area contributed by atoms with E-state index in [0.29, 0.717) is 33.4 Å². The predicted molar refractivity (Wildman–Crippen MR) is 241 cm³/mol. The van der Waals surface area contributed by atoms with E-state index in [2.05, 4.69) is 78.6 Å². The molecule has 1 radical (unpaired) electrons. The van der Waals surface area contributed by atoms with Gasteiger partial charge in [0.25, 0.3) is 0 Å². The van der Waals surface area contributed by atoms with Crippen LogP contribution in [-0.4, -0.2) is 19.5 Å². The van der Waals surface area contributed by atoms with Crippen LogP contribution in [-0.2, 0) is 20.1 Å². The maximum absolute atomic E-state index is 8.33. The van der Waals surface area contributed by atoms with Crippen molar-refractivity contribution in [3.63, 3.8) is 0 Å². The number of fused-ring (bicyclic) bond motifs is 4. The summed E-state index contributed by atoms with van der Waals surface area (Å²) in [6, 6.07) is 42.5. The number of para-hydroxylation sites is 2. The zero-order chi connectivity index (χ0) is 49.1. The first-order chi connectivity index (χ1) is 31.9. The van der Waals surface area contributed by atoms with Crippen molar-refractivity contribution >= 4 is 33.1 Å². The van der Waals surface area contributed by atoms with E-state index in [9.17, 15) is 0 Å². The van der Waals surface area contributed by atoms with Gasteiger partial charge in [0.2, 0.25) is 5.71 Å². The van der Waals surface area contributed by atoms with E-state index in [-0.39, 0.29) is 60.1 Å². The number of hydrogen-bond acceptors (Lipinski definition) is 4. The van der Waals surface area contributed by atoms with E-state index >= 15 is 0 Å². The van der Waals surface area contributed by atoms with Crippen LogP contribution < -0.4 is 0 Å². The minimum absolute atomic E-state index is 0. The number of aromatic nitrogens is 4. The van der Waals surface area contributed by atoms with E-state index in [1.165, 1.54) is 18.3 Å². The van der Waals surface area contributed by atoms with E-state index in [4.69, 9.17) is 23.1 Å². The Bertz CT molecular complexity index is 3270. The summed E-state index contributed by atoms with van der Waals surface area (Å²) in [6.07, 6.45) is 1.36. The first-order valence-corrected chi connectivity index (χ1v) is 19.4. The van der Waals surface area contributed by atoms with Crippen LogP contribution in [0.4, 0.5) is 0 Å². The van der Waals surface area contributed by atoms with E-state index in [1.54, 1.807) is 32.0 Å². The minimum Gasteiger partial charge on any atom is -0.486 e. The van der Waals surface area contributed by atoms with Crippen molar-refractivity contribution in [2.24, 2.45) is 0 Å². The molecule has 0 unspecified atom stereocenters. The molecule has 299 valence electrons. The van der Waals surface area contributed by atoms with Gasteiger partial charge >= 0.3 is 0 Å². The smallest absolute Gasteiger partial charge is 0.216 e. The summed E-state index contributed by atoms with van der Waals surface area (Å²) in [6.45, 7) is 4.86. The molecule has 0 saturated carbocycles. The molecular formula is C53H50IrN4O-2. The molecule has 5 nitrogen and oxygen atoms in total. The molecule has 59 heavy (non-hydrogen) atoms. The van der Waals surface area contributed by atoms with E-state index in [0.717, 1.165) is 44.5 Å². The van der Waals surface area contributed by atoms with Crippen molar-refractivity contribution in [3.05, 3.63) is 167 Å². The quantitative estimate of drug-likeness (QED) is 0.149. The summed E-state index contributed by atoms with van der Waals surface area (Å²) in [7, 11) is 0. The molecule has 4 heterocycles. The second kappa shape index (κ2) is 17.3. The second-order valence-corrected chi connectivity index (χ2v) is 15.3. The standard InChI is InChI=1S/C38H34N3O.C15H16N.Ir/c1-22(2)30-20-27(26-12-8-7-9-13-26)21-31(23(3)4)35(30)41-33-15-11-10-14-32(33)40-37(41)29-18-16-24(5)34-28-19-17-25(6)39-38(28)42-36(29)34;1-11(2)14-9-15(16-10-12(14)3)13-7-5-4-6-8-13;/h7-17,19-23H,1-6H3;4-7,9-11H,1-3H3;/q2*-1;/i5D3,6D3;3D3,11D;. The van der Waals surface area contributed by atoms with Gasteiger partial charge in [0, 0.05) is 56.8 Å². The molecule has 0 aliphatic heterocycles. The third-order valence-electron chi connectivity index (χ3n) is 10.4. The van der Waals surface area contributed by atoms with Gasteiger partial charge in [-0.05, 0) is 107 Å². The van der Waals surface area contributed by atoms with Crippen LogP contribution in [0.5, 0.6) is 0 Å². The number of benzene rings is 5. The Morgan fingerprint density at radius 3 is 2.12 bits per heavy atom. The molecule has 0 aliphatic rings. The predicted octanol–water partition coefficient (Wildman–Crippen LogP) is 14.3. The second-order valence-electron chi connectivity index (χ2n) is 15.3. The average Bonchev–Trinajstić information content (AvgIpc) is 3.86. The normalized spacial score (nSPS) is 14.8. The Kier molecular flexibility index (Phi) is 8.89. The average molecular weight is 961 g/mol. The van der Waals surface area contributed by atoms with Gasteiger partial charge in [-0.2, -0.15) is 0 Å². The van der Waals surface area contributed by atoms with Crippen LogP contribution >= 0.6 is 0 Å². The summed E-state index contributed by atoms with van der Waals surface area (Å²) in [4.78, 5) is 13.7. The molecule has 0 amide bonds. The number of imidazole rings is 1. The fourth-order valence-corrected chi connectivity index (χ4v) is 7.47. The summed E-state index contributed by atoms with van der Waals surface area (Å²) in [5, 5.41) is 0.759. The molecule has 4 aromatic heterocycles. The molecule has 0 aliphatic carbocycles. The molecule has 6 heteroatoms. The van der Waals surface area contributed by atoms with Crippen LogP contribution in [0.25, 0.3) is 72.6 Å². The molecular weight excluding hydrogens is 901 g/mol. The van der Waals surface area contributed by atoms with Crippen molar-refractivity contribution in [1.29, 1.82) is 0 Å². The monoisotopic (exact) mass is 961 g/mol. The van der Waals surface area contributed by atoms with Crippen LogP contribution in [0.3, 0.4) is 0 Å². The minimum atomic E-state index is -2.49. The van der Waals surface area contributed by atoms with Gasteiger partial charge in [0.15, 0.2) is 0 Å². The number of pyridine rings is 2. The Morgan fingerprint density at radius 1 is 0.712 bits per heavy atom. The van der Waals surface area contributed by atoms with Gasteiger partial charge in [-0.25, -0.2) is 4.98 Å². The molecule has 9 rings (SSSR count). The van der Waals surface area contributed by atoms with Crippen LogP contribution in [0.1, 0.15) is 106 Å². The van der Waals surface area contributed by atoms with Crippen molar-refractivity contribution < 1.29 is 38.2 Å². The Balaban J connectivity index is 0.000000281. The number of hydrogen-bond donors (Lipinski definition) is 0. The number of furan rings is 1. The third kappa shape index (κ3) is 8.05. The largest absolute Gasteiger partial charge is 0.486 e. The van der Waals surface area contributed by atoms with Crippen molar-refractivity contribution in [2.45, 2.75) is 79.8 Å². The SMILES string of the molecule is [2H]C([2H])([2H])c1ccc2c(n1)oc1c(-c3nc4ccccc4n3-c3c(C(C)C)cc(-c4ccccc4)cc3C(C)C)[c-]cc(C([2H])([2H])[2H])c12.[2H]C([2H])([2H])c1cnc(-c2[c-]cccc2)cc1C([2H])(C)C.[Ir]. The number of aryl methyl sites for hydroxylation is 3. The Hall–Kier alpha value is -5.68. The van der Waals surface area contributed by atoms with Crippen molar-refractivity contribution in [2.75, 3.05) is 0 Å². The summed E-state index contributed by atoms with van der Waals surface area (Å²) in [5.74, 6) is -0.183. The first-order valence-electron chi connectivity index (χ1n) is 24.4. The fraction of sp³-hybridized carbons (Fsp3) is 0.226. The molecule has 5 aromatic carbocycles. The third-order valence-corrected chi connectivity index (χ3v) is 10.4. The van der Waals surface area contributed by atoms with Crippen LogP contribution in [0.2, 0.25) is 0 Å². The zero-order valence-electron chi connectivity index (χ0n) is 43.7. The molecule has 0 saturated heterocycles. The molecule has 9 aromatic rings. The number of nitrogens with zero attached hydrogens (tertiary/aromatic N) is 4. The summed E-state index contributed by atoms with van der Waals surface area (Å²) < 4.78 is 88.0. The van der Waals surface area contributed by atoms with Gasteiger partial charge < -0.3 is 14.0 Å². The summed E-state index contributed by atoms with van der Waals surface area (Å²) in [5.41, 5.74) is 9.84. The molecule has 0 spiro atoms. The van der Waals surface area contributed by atoms with Gasteiger partial charge in [0.1, 0.15) is 0 Å². The Labute approximate surface area is 376 Å². The zero-order valence-corrected chi connectivity index (χ0v) is 36.1. The molecule has 0 bridgehead atoms. The van der Waals surface area contributed by atoms with Crippen molar-refractivity contribution in [1.82, 2.24) is 19.5 Å². The van der Waals surface area contributed by atoms with E-state index < -0.39 is 26.4 Å². The first kappa shape index (κ1) is 30.4. The topological polar surface area (TPSA) is 56.7 Å². The van der Waals surface area contributed by atoms with Gasteiger partial charge in [0.05, 0.1) is 22.4 Å². The van der Waals surface area contributed by atoms with Crippen molar-refractivity contribution in [3.8, 4) is 39.5 Å². The molecule has 0 fully saturated rings.